The molecule has 0 spiro atoms. The molecule has 2 rings (SSSR count). The zero-order valence-electron chi connectivity index (χ0n) is 13.8. The molecule has 0 heterocycles. The molecule has 2 amide bonds. The lowest BCUT2D eigenvalue weighted by atomic mass is 10.0. The van der Waals surface area contributed by atoms with Crippen molar-refractivity contribution in [2.45, 2.75) is 24.7 Å². The lowest BCUT2D eigenvalue weighted by Gasteiger charge is -2.19. The highest BCUT2D eigenvalue weighted by molar-refractivity contribution is 6.30. The Morgan fingerprint density at radius 1 is 1.15 bits per heavy atom. The molecule has 9 heteroatoms. The summed E-state index contributed by atoms with van der Waals surface area (Å²) in [5, 5.41) is 12.8. The van der Waals surface area contributed by atoms with Crippen LogP contribution in [0.25, 0.3) is 0 Å². The van der Waals surface area contributed by atoms with E-state index in [0.29, 0.717) is 10.6 Å². The van der Waals surface area contributed by atoms with Gasteiger partial charge in [-0.3, -0.25) is 9.59 Å². The van der Waals surface area contributed by atoms with Crippen molar-refractivity contribution < 1.29 is 27.9 Å². The predicted molar refractivity (Wildman–Crippen MR) is 92.7 cm³/mol. The maximum atomic E-state index is 12.6. The van der Waals surface area contributed by atoms with E-state index in [1.807, 2.05) is 0 Å². The smallest absolute Gasteiger partial charge is 0.378 e. The number of aliphatic hydroxyl groups excluding tert-OH is 1. The van der Waals surface area contributed by atoms with E-state index in [2.05, 4.69) is 5.32 Å². The van der Waals surface area contributed by atoms with Crippen molar-refractivity contribution >= 4 is 23.4 Å². The minimum Gasteiger partial charge on any atom is -0.378 e. The van der Waals surface area contributed by atoms with Crippen molar-refractivity contribution in [1.29, 1.82) is 0 Å². The molecule has 0 aromatic heterocycles. The van der Waals surface area contributed by atoms with E-state index in [1.54, 1.807) is 24.3 Å². The predicted octanol–water partition coefficient (Wildman–Crippen LogP) is 2.61. The number of benzene rings is 2. The number of carbonyl (C=O) groups is 2. The first-order valence-corrected chi connectivity index (χ1v) is 8.15. The van der Waals surface area contributed by atoms with Gasteiger partial charge in [0, 0.05) is 11.4 Å². The van der Waals surface area contributed by atoms with Crippen molar-refractivity contribution in [2.75, 3.05) is 0 Å². The Morgan fingerprint density at radius 3 is 2.30 bits per heavy atom. The molecule has 2 atom stereocenters. The first-order valence-electron chi connectivity index (χ1n) is 7.77. The van der Waals surface area contributed by atoms with Gasteiger partial charge in [0.15, 0.2) is 6.10 Å². The van der Waals surface area contributed by atoms with Gasteiger partial charge in [0.2, 0.25) is 5.91 Å². The van der Waals surface area contributed by atoms with Gasteiger partial charge in [-0.1, -0.05) is 35.9 Å². The van der Waals surface area contributed by atoms with Crippen LogP contribution in [0.4, 0.5) is 13.2 Å². The lowest BCUT2D eigenvalue weighted by Crippen LogP contribution is -2.47. The molecule has 0 aliphatic heterocycles. The van der Waals surface area contributed by atoms with Crippen LogP contribution in [-0.4, -0.2) is 23.0 Å². The van der Waals surface area contributed by atoms with E-state index in [9.17, 15) is 27.9 Å². The molecule has 144 valence electrons. The molecule has 0 saturated carbocycles. The Morgan fingerprint density at radius 2 is 1.78 bits per heavy atom. The largest absolute Gasteiger partial charge is 0.416 e. The zero-order valence-corrected chi connectivity index (χ0v) is 14.6. The molecule has 5 nitrogen and oxygen atoms in total. The van der Waals surface area contributed by atoms with Crippen LogP contribution in [0, 0.1) is 0 Å². The van der Waals surface area contributed by atoms with Crippen LogP contribution in [0.5, 0.6) is 0 Å². The Balaban J connectivity index is 2.09. The van der Waals surface area contributed by atoms with E-state index >= 15 is 0 Å². The topological polar surface area (TPSA) is 92.4 Å². The Bertz CT molecular complexity index is 825. The summed E-state index contributed by atoms with van der Waals surface area (Å²) < 4.78 is 37.7. The van der Waals surface area contributed by atoms with Gasteiger partial charge in [0.25, 0.3) is 5.91 Å². The number of halogens is 4. The normalized spacial score (nSPS) is 13.7. The maximum Gasteiger partial charge on any atom is 0.416 e. The molecule has 0 saturated heterocycles. The number of nitrogens with two attached hydrogens (primary N) is 1. The average Bonchev–Trinajstić information content (AvgIpc) is 2.59. The van der Waals surface area contributed by atoms with Gasteiger partial charge in [0.1, 0.15) is 6.04 Å². The van der Waals surface area contributed by atoms with Crippen molar-refractivity contribution in [3.63, 3.8) is 0 Å². The molecule has 0 bridgehead atoms. The quantitative estimate of drug-likeness (QED) is 0.696. The van der Waals surface area contributed by atoms with Crippen LogP contribution in [0.15, 0.2) is 48.5 Å². The molecule has 0 aliphatic rings. The summed E-state index contributed by atoms with van der Waals surface area (Å²) >= 11 is 5.87. The first kappa shape index (κ1) is 20.7. The number of amides is 2. The summed E-state index contributed by atoms with van der Waals surface area (Å²) in [6, 6.07) is 8.93. The number of aliphatic hydroxyl groups is 1. The van der Waals surface area contributed by atoms with E-state index in [4.69, 9.17) is 17.3 Å². The fourth-order valence-electron chi connectivity index (χ4n) is 2.38. The summed E-state index contributed by atoms with van der Waals surface area (Å²) in [4.78, 5) is 23.8. The second kappa shape index (κ2) is 8.41. The summed E-state index contributed by atoms with van der Waals surface area (Å²) in [6.07, 6.45) is -6.24. The third-order valence-corrected chi connectivity index (χ3v) is 4.03. The fourth-order valence-corrected chi connectivity index (χ4v) is 2.59. The molecule has 0 unspecified atom stereocenters. The number of primary amides is 1. The van der Waals surface area contributed by atoms with Crippen LogP contribution >= 0.6 is 11.6 Å². The van der Waals surface area contributed by atoms with Crippen molar-refractivity contribution in [3.8, 4) is 0 Å². The molecule has 0 aliphatic carbocycles. The third-order valence-electron chi connectivity index (χ3n) is 3.79. The van der Waals surface area contributed by atoms with Gasteiger partial charge in [-0.05, 0) is 35.4 Å². The number of hydrogen-bond donors (Lipinski definition) is 3. The van der Waals surface area contributed by atoms with Crippen molar-refractivity contribution in [3.05, 3.63) is 70.2 Å². The van der Waals surface area contributed by atoms with Crippen molar-refractivity contribution in [2.24, 2.45) is 5.73 Å². The van der Waals surface area contributed by atoms with E-state index in [1.165, 1.54) is 0 Å². The van der Waals surface area contributed by atoms with Crippen LogP contribution in [0.3, 0.4) is 0 Å². The monoisotopic (exact) mass is 400 g/mol. The summed E-state index contributed by atoms with van der Waals surface area (Å²) in [7, 11) is 0. The fraction of sp³-hybridized carbons (Fsp3) is 0.222. The zero-order chi connectivity index (χ0) is 20.2. The summed E-state index contributed by atoms with van der Waals surface area (Å²) in [5.74, 6) is -1.79. The summed E-state index contributed by atoms with van der Waals surface area (Å²) in [5.41, 5.74) is 4.96. The number of nitrogens with one attached hydrogen (secondary N) is 1. The second-order valence-electron chi connectivity index (χ2n) is 5.82. The summed E-state index contributed by atoms with van der Waals surface area (Å²) in [6.45, 7) is 0. The Hall–Kier alpha value is -2.58. The van der Waals surface area contributed by atoms with Gasteiger partial charge in [-0.25, -0.2) is 0 Å². The molecular weight excluding hydrogens is 385 g/mol. The third kappa shape index (κ3) is 5.70. The van der Waals surface area contributed by atoms with Crippen LogP contribution in [0.2, 0.25) is 5.02 Å². The van der Waals surface area contributed by atoms with Crippen molar-refractivity contribution in [1.82, 2.24) is 5.32 Å². The van der Waals surface area contributed by atoms with Crippen LogP contribution in [-0.2, 0) is 22.2 Å². The van der Waals surface area contributed by atoms with E-state index in [-0.39, 0.29) is 12.0 Å². The number of rotatable bonds is 6. The van der Waals surface area contributed by atoms with E-state index in [0.717, 1.165) is 24.3 Å². The van der Waals surface area contributed by atoms with Crippen LogP contribution < -0.4 is 11.1 Å². The van der Waals surface area contributed by atoms with Crippen LogP contribution in [0.1, 0.15) is 22.8 Å². The van der Waals surface area contributed by atoms with Gasteiger partial charge in [-0.2, -0.15) is 13.2 Å². The Labute approximate surface area is 157 Å². The highest BCUT2D eigenvalue weighted by Gasteiger charge is 2.31. The molecule has 4 N–H and O–H groups in total. The molecule has 2 aromatic carbocycles. The number of alkyl halides is 3. The molecule has 0 radical (unpaired) electrons. The van der Waals surface area contributed by atoms with Gasteiger partial charge in [-0.15, -0.1) is 0 Å². The lowest BCUT2D eigenvalue weighted by molar-refractivity contribution is -0.137. The average molecular weight is 401 g/mol. The molecular formula is C18H16ClF3N2O3. The highest BCUT2D eigenvalue weighted by Crippen LogP contribution is 2.30. The molecule has 0 fully saturated rings. The standard InChI is InChI=1S/C18H16ClF3N2O3/c19-13-3-1-2-10(8-13)9-14(16(23)26)24-17(27)15(25)11-4-6-12(7-5-11)18(20,21)22/h1-8,14-15,25H,9H2,(H2,23,26)(H,24,27)/t14-,15-/m1/s1. The maximum absolute atomic E-state index is 12.6. The van der Waals surface area contributed by atoms with E-state index < -0.39 is 35.7 Å². The minimum absolute atomic E-state index is 0.0430. The number of carbonyl (C=O) groups excluding carboxylic acids is 2. The first-order chi connectivity index (χ1) is 12.6. The molecule has 2 aromatic rings. The second-order valence-corrected chi connectivity index (χ2v) is 6.26. The van der Waals surface area contributed by atoms with Gasteiger partial charge in [0.05, 0.1) is 5.56 Å². The Kier molecular flexibility index (Phi) is 6.45. The highest BCUT2D eigenvalue weighted by atomic mass is 35.5. The van der Waals surface area contributed by atoms with Gasteiger partial charge < -0.3 is 16.2 Å². The minimum atomic E-state index is -4.53. The SMILES string of the molecule is NC(=O)[C@@H](Cc1cccc(Cl)c1)NC(=O)[C@H](O)c1ccc(C(F)(F)F)cc1. The number of hydrogen-bond acceptors (Lipinski definition) is 3. The van der Waals surface area contributed by atoms with Gasteiger partial charge >= 0.3 is 6.18 Å². The molecule has 27 heavy (non-hydrogen) atoms.